The summed E-state index contributed by atoms with van der Waals surface area (Å²) in [7, 11) is 0. The van der Waals surface area contributed by atoms with Gasteiger partial charge in [0.05, 0.1) is 12.5 Å². The first-order valence-corrected chi connectivity index (χ1v) is 7.90. The molecule has 0 fully saturated rings. The number of likely N-dealkylation sites (N-methyl/N-ethyl adjacent to an activating group) is 1. The van der Waals surface area contributed by atoms with Gasteiger partial charge in [-0.2, -0.15) is 0 Å². The largest absolute Gasteiger partial charge is 0.481 e. The first kappa shape index (κ1) is 19.9. The van der Waals surface area contributed by atoms with Gasteiger partial charge in [0.25, 0.3) is 0 Å². The van der Waals surface area contributed by atoms with Gasteiger partial charge in [-0.3, -0.25) is 14.5 Å². The molecule has 1 unspecified atom stereocenters. The lowest BCUT2D eigenvalue weighted by Crippen LogP contribution is -2.45. The average molecular weight is 300 g/mol. The van der Waals surface area contributed by atoms with Crippen LogP contribution in [0.25, 0.3) is 0 Å². The van der Waals surface area contributed by atoms with Gasteiger partial charge in [0.15, 0.2) is 0 Å². The van der Waals surface area contributed by atoms with Crippen LogP contribution < -0.4 is 0 Å². The van der Waals surface area contributed by atoms with Crippen molar-refractivity contribution in [3.05, 3.63) is 0 Å². The second-order valence-electron chi connectivity index (χ2n) is 6.65. The van der Waals surface area contributed by atoms with Crippen molar-refractivity contribution in [2.75, 3.05) is 32.7 Å². The number of carboxylic acids is 1. The van der Waals surface area contributed by atoms with Crippen LogP contribution in [0.3, 0.4) is 0 Å². The van der Waals surface area contributed by atoms with Crippen LogP contribution in [-0.2, 0) is 9.59 Å². The van der Waals surface area contributed by atoms with Crippen molar-refractivity contribution in [2.45, 2.75) is 41.5 Å². The molecule has 0 aliphatic rings. The Morgan fingerprint density at radius 1 is 0.952 bits per heavy atom. The van der Waals surface area contributed by atoms with Crippen LogP contribution in [-0.4, -0.2) is 59.5 Å². The third-order valence-electron chi connectivity index (χ3n) is 3.28. The Balaban J connectivity index is 4.64. The average Bonchev–Trinajstić information content (AvgIpc) is 2.35. The van der Waals surface area contributed by atoms with Gasteiger partial charge in [0.2, 0.25) is 5.91 Å². The summed E-state index contributed by atoms with van der Waals surface area (Å²) in [6.07, 6.45) is 0. The molecule has 124 valence electrons. The van der Waals surface area contributed by atoms with Crippen LogP contribution in [0.5, 0.6) is 0 Å². The molecule has 1 N–H and O–H groups in total. The summed E-state index contributed by atoms with van der Waals surface area (Å²) in [5, 5.41) is 8.99. The summed E-state index contributed by atoms with van der Waals surface area (Å²) in [6, 6.07) is 0. The first-order valence-electron chi connectivity index (χ1n) is 7.90. The molecule has 5 heteroatoms. The minimum atomic E-state index is -0.817. The maximum atomic E-state index is 12.5. The van der Waals surface area contributed by atoms with Crippen molar-refractivity contribution < 1.29 is 14.7 Å². The van der Waals surface area contributed by atoms with Crippen molar-refractivity contribution in [3.63, 3.8) is 0 Å². The van der Waals surface area contributed by atoms with Crippen LogP contribution in [0.15, 0.2) is 0 Å². The topological polar surface area (TPSA) is 60.9 Å². The summed E-state index contributed by atoms with van der Waals surface area (Å²) >= 11 is 0. The van der Waals surface area contributed by atoms with Crippen LogP contribution in [0.1, 0.15) is 41.5 Å². The molecule has 0 heterocycles. The van der Waals surface area contributed by atoms with Crippen molar-refractivity contribution in [1.29, 1.82) is 0 Å². The molecule has 0 spiro atoms. The van der Waals surface area contributed by atoms with Crippen LogP contribution in [0.4, 0.5) is 0 Å². The molecule has 0 saturated heterocycles. The number of hydrogen-bond donors (Lipinski definition) is 1. The second kappa shape index (κ2) is 9.77. The highest BCUT2D eigenvalue weighted by atomic mass is 16.4. The lowest BCUT2D eigenvalue weighted by atomic mass is 10.1. The van der Waals surface area contributed by atoms with E-state index in [1.54, 1.807) is 6.92 Å². The molecule has 0 aromatic rings. The predicted molar refractivity (Wildman–Crippen MR) is 85.2 cm³/mol. The van der Waals surface area contributed by atoms with E-state index in [2.05, 4.69) is 27.7 Å². The zero-order valence-corrected chi connectivity index (χ0v) is 14.4. The van der Waals surface area contributed by atoms with Gasteiger partial charge in [0, 0.05) is 19.6 Å². The SMILES string of the molecule is CCN(CC(=O)N(CC(C)C)CC(C)C)CC(C)C(=O)O. The number of hydrogen-bond acceptors (Lipinski definition) is 3. The molecule has 0 aliphatic heterocycles. The minimum Gasteiger partial charge on any atom is -0.481 e. The fourth-order valence-electron chi connectivity index (χ4n) is 2.22. The molecule has 5 nitrogen and oxygen atoms in total. The molecule has 0 rings (SSSR count). The third-order valence-corrected chi connectivity index (χ3v) is 3.28. The van der Waals surface area contributed by atoms with E-state index >= 15 is 0 Å². The summed E-state index contributed by atoms with van der Waals surface area (Å²) in [6.45, 7) is 14.9. The Bertz CT molecular complexity index is 319. The van der Waals surface area contributed by atoms with Crippen molar-refractivity contribution in [2.24, 2.45) is 17.8 Å². The summed E-state index contributed by atoms with van der Waals surface area (Å²) in [4.78, 5) is 27.2. The molecule has 0 radical (unpaired) electrons. The number of nitrogens with zero attached hydrogens (tertiary/aromatic N) is 2. The fraction of sp³-hybridized carbons (Fsp3) is 0.875. The van der Waals surface area contributed by atoms with E-state index in [9.17, 15) is 9.59 Å². The molecule has 0 aliphatic carbocycles. The molecular weight excluding hydrogens is 268 g/mol. The summed E-state index contributed by atoms with van der Waals surface area (Å²) < 4.78 is 0. The van der Waals surface area contributed by atoms with Gasteiger partial charge in [-0.25, -0.2) is 0 Å². The quantitative estimate of drug-likeness (QED) is 0.672. The Morgan fingerprint density at radius 2 is 1.43 bits per heavy atom. The predicted octanol–water partition coefficient (Wildman–Crippen LogP) is 2.17. The smallest absolute Gasteiger partial charge is 0.307 e. The zero-order chi connectivity index (χ0) is 16.6. The second-order valence-corrected chi connectivity index (χ2v) is 6.65. The molecular formula is C16H32N2O3. The van der Waals surface area contributed by atoms with Gasteiger partial charge >= 0.3 is 5.97 Å². The number of amides is 1. The number of aliphatic carboxylic acids is 1. The van der Waals surface area contributed by atoms with E-state index < -0.39 is 11.9 Å². The highest BCUT2D eigenvalue weighted by Gasteiger charge is 2.21. The molecule has 0 bridgehead atoms. The summed E-state index contributed by atoms with van der Waals surface area (Å²) in [5.74, 6) is -0.318. The molecule has 0 saturated carbocycles. The van der Waals surface area contributed by atoms with Gasteiger partial charge in [-0.15, -0.1) is 0 Å². The van der Waals surface area contributed by atoms with E-state index in [4.69, 9.17) is 5.11 Å². The number of carbonyl (C=O) groups excluding carboxylic acids is 1. The van der Waals surface area contributed by atoms with Gasteiger partial charge in [-0.05, 0) is 18.4 Å². The van der Waals surface area contributed by atoms with Crippen LogP contribution in [0, 0.1) is 17.8 Å². The standard InChI is InChI=1S/C16H32N2O3/c1-7-17(10-14(6)16(20)21)11-15(19)18(8-12(2)3)9-13(4)5/h12-14H,7-11H2,1-6H3,(H,20,21). The normalized spacial score (nSPS) is 13.0. The molecule has 21 heavy (non-hydrogen) atoms. The van der Waals surface area contributed by atoms with Crippen molar-refractivity contribution in [3.8, 4) is 0 Å². The highest BCUT2D eigenvalue weighted by Crippen LogP contribution is 2.07. The molecule has 0 aromatic carbocycles. The lowest BCUT2D eigenvalue weighted by Gasteiger charge is -2.30. The minimum absolute atomic E-state index is 0.0943. The Morgan fingerprint density at radius 3 is 1.76 bits per heavy atom. The monoisotopic (exact) mass is 300 g/mol. The lowest BCUT2D eigenvalue weighted by molar-refractivity contribution is -0.142. The maximum Gasteiger partial charge on any atom is 0.307 e. The van der Waals surface area contributed by atoms with Gasteiger partial charge < -0.3 is 10.0 Å². The number of rotatable bonds is 10. The number of carbonyl (C=O) groups is 2. The maximum absolute atomic E-state index is 12.5. The van der Waals surface area contributed by atoms with Crippen LogP contribution >= 0.6 is 0 Å². The fourth-order valence-corrected chi connectivity index (χ4v) is 2.22. The highest BCUT2D eigenvalue weighted by molar-refractivity contribution is 5.78. The Kier molecular flexibility index (Phi) is 9.26. The third kappa shape index (κ3) is 8.71. The van der Waals surface area contributed by atoms with Gasteiger partial charge in [0.1, 0.15) is 0 Å². The Hall–Kier alpha value is -1.10. The van der Waals surface area contributed by atoms with Crippen molar-refractivity contribution >= 4 is 11.9 Å². The molecule has 1 atom stereocenters. The first-order chi connectivity index (χ1) is 9.67. The van der Waals surface area contributed by atoms with E-state index in [0.717, 1.165) is 13.1 Å². The van der Waals surface area contributed by atoms with Crippen LogP contribution in [0.2, 0.25) is 0 Å². The van der Waals surface area contributed by atoms with Gasteiger partial charge in [-0.1, -0.05) is 41.5 Å². The van der Waals surface area contributed by atoms with E-state index in [0.29, 0.717) is 31.5 Å². The number of carboxylic acid groups (broad SMARTS) is 1. The zero-order valence-electron chi connectivity index (χ0n) is 14.4. The molecule has 1 amide bonds. The Labute approximate surface area is 129 Å². The van der Waals surface area contributed by atoms with E-state index in [1.807, 2.05) is 16.7 Å². The summed E-state index contributed by atoms with van der Waals surface area (Å²) in [5.41, 5.74) is 0. The van der Waals surface area contributed by atoms with E-state index in [1.165, 1.54) is 0 Å². The van der Waals surface area contributed by atoms with Crippen molar-refractivity contribution in [1.82, 2.24) is 9.80 Å². The van der Waals surface area contributed by atoms with E-state index in [-0.39, 0.29) is 5.91 Å². The molecule has 0 aromatic heterocycles.